The van der Waals surface area contributed by atoms with Gasteiger partial charge in [-0.1, -0.05) is 74.3 Å². The van der Waals surface area contributed by atoms with E-state index < -0.39 is 0 Å². The molecule has 0 aromatic carbocycles. The SMILES string of the molecule is C=C(CCC/C=C\C/C=C\C/C=C\C/C=C\C/C=C\CC)N1CCCC1. The zero-order valence-electron chi connectivity index (χ0n) is 16.9. The molecule has 1 heterocycles. The minimum Gasteiger partial charge on any atom is -0.375 e. The number of unbranched alkanes of at least 4 members (excludes halogenated alkanes) is 1. The first-order valence-electron chi connectivity index (χ1n) is 10.5. The van der Waals surface area contributed by atoms with E-state index in [-0.39, 0.29) is 0 Å². The van der Waals surface area contributed by atoms with Crippen LogP contribution >= 0.6 is 0 Å². The Bertz CT molecular complexity index is 484. The van der Waals surface area contributed by atoms with Crippen molar-refractivity contribution < 1.29 is 0 Å². The number of allylic oxidation sites excluding steroid dienone is 11. The van der Waals surface area contributed by atoms with Gasteiger partial charge in [-0.2, -0.15) is 0 Å². The summed E-state index contributed by atoms with van der Waals surface area (Å²) in [5, 5.41) is 0. The molecule has 1 fully saturated rings. The summed E-state index contributed by atoms with van der Waals surface area (Å²) in [6.45, 7) is 8.84. The fourth-order valence-electron chi connectivity index (χ4n) is 2.98. The summed E-state index contributed by atoms with van der Waals surface area (Å²) >= 11 is 0. The van der Waals surface area contributed by atoms with E-state index in [1.54, 1.807) is 0 Å². The summed E-state index contributed by atoms with van der Waals surface area (Å²) in [4.78, 5) is 2.46. The third-order valence-corrected chi connectivity index (χ3v) is 4.55. The molecule has 1 nitrogen and oxygen atoms in total. The monoisotopic (exact) mass is 353 g/mol. The number of rotatable bonds is 14. The maximum atomic E-state index is 4.22. The third kappa shape index (κ3) is 12.6. The molecular formula is C25H39N. The lowest BCUT2D eigenvalue weighted by molar-refractivity contribution is 0.407. The van der Waals surface area contributed by atoms with E-state index in [9.17, 15) is 0 Å². The number of nitrogens with zero attached hydrogens (tertiary/aromatic N) is 1. The molecule has 0 saturated carbocycles. The van der Waals surface area contributed by atoms with Crippen LogP contribution in [0.5, 0.6) is 0 Å². The van der Waals surface area contributed by atoms with Crippen molar-refractivity contribution in [1.82, 2.24) is 4.90 Å². The maximum absolute atomic E-state index is 4.22. The molecule has 0 spiro atoms. The highest BCUT2D eigenvalue weighted by Gasteiger charge is 2.11. The van der Waals surface area contributed by atoms with Gasteiger partial charge in [0, 0.05) is 18.8 Å². The van der Waals surface area contributed by atoms with Gasteiger partial charge in [-0.15, -0.1) is 0 Å². The van der Waals surface area contributed by atoms with Crippen molar-refractivity contribution >= 4 is 0 Å². The normalized spacial score (nSPS) is 15.8. The Balaban J connectivity index is 1.93. The molecule has 1 aliphatic heterocycles. The first-order valence-corrected chi connectivity index (χ1v) is 10.5. The summed E-state index contributed by atoms with van der Waals surface area (Å²) in [6.07, 6.45) is 34.0. The van der Waals surface area contributed by atoms with Crippen LogP contribution in [0.4, 0.5) is 0 Å². The summed E-state index contributed by atoms with van der Waals surface area (Å²) in [5.74, 6) is 0. The third-order valence-electron chi connectivity index (χ3n) is 4.55. The quantitative estimate of drug-likeness (QED) is 0.230. The van der Waals surface area contributed by atoms with Gasteiger partial charge in [-0.3, -0.25) is 0 Å². The largest absolute Gasteiger partial charge is 0.375 e. The fourth-order valence-corrected chi connectivity index (χ4v) is 2.98. The van der Waals surface area contributed by atoms with E-state index in [0.29, 0.717) is 0 Å². The lowest BCUT2D eigenvalue weighted by Gasteiger charge is -2.19. The molecule has 0 aromatic rings. The molecule has 1 rings (SSSR count). The van der Waals surface area contributed by atoms with Gasteiger partial charge in [-0.25, -0.2) is 0 Å². The Morgan fingerprint density at radius 1 is 0.731 bits per heavy atom. The zero-order valence-corrected chi connectivity index (χ0v) is 16.9. The summed E-state index contributed by atoms with van der Waals surface area (Å²) in [7, 11) is 0. The zero-order chi connectivity index (χ0) is 18.7. The highest BCUT2D eigenvalue weighted by molar-refractivity contribution is 5.01. The highest BCUT2D eigenvalue weighted by Crippen LogP contribution is 2.17. The minimum absolute atomic E-state index is 1.03. The van der Waals surface area contributed by atoms with Crippen LogP contribution in [-0.4, -0.2) is 18.0 Å². The van der Waals surface area contributed by atoms with Gasteiger partial charge in [0.1, 0.15) is 0 Å². The molecule has 26 heavy (non-hydrogen) atoms. The standard InChI is InChI=1S/C25H39N/c1-3-4-5-6-7-8-9-10-11-12-13-14-15-16-17-18-19-22-25(2)26-23-20-21-24-26/h4-5,7-8,10-11,13-14,16-17H,2-3,6,9,12,15,18-24H2,1H3/b5-4-,8-7-,11-10-,14-13-,17-16-. The lowest BCUT2D eigenvalue weighted by Crippen LogP contribution is -2.17. The lowest BCUT2D eigenvalue weighted by atomic mass is 10.1. The molecule has 144 valence electrons. The second-order valence-electron chi connectivity index (χ2n) is 6.86. The van der Waals surface area contributed by atoms with Crippen LogP contribution in [0.3, 0.4) is 0 Å². The van der Waals surface area contributed by atoms with Crippen molar-refractivity contribution in [3.63, 3.8) is 0 Å². The molecule has 0 unspecified atom stereocenters. The molecule has 0 N–H and O–H groups in total. The number of hydrogen-bond donors (Lipinski definition) is 0. The number of likely N-dealkylation sites (tertiary alicyclic amines) is 1. The van der Waals surface area contributed by atoms with E-state index in [0.717, 1.165) is 38.5 Å². The second kappa shape index (κ2) is 16.7. The Morgan fingerprint density at radius 3 is 1.69 bits per heavy atom. The van der Waals surface area contributed by atoms with Crippen molar-refractivity contribution in [3.05, 3.63) is 73.0 Å². The maximum Gasteiger partial charge on any atom is 0.0175 e. The van der Waals surface area contributed by atoms with Crippen molar-refractivity contribution in [2.24, 2.45) is 0 Å². The molecular weight excluding hydrogens is 314 g/mol. The van der Waals surface area contributed by atoms with Gasteiger partial charge in [0.15, 0.2) is 0 Å². The van der Waals surface area contributed by atoms with Gasteiger partial charge >= 0.3 is 0 Å². The van der Waals surface area contributed by atoms with Crippen LogP contribution in [0.25, 0.3) is 0 Å². The van der Waals surface area contributed by atoms with E-state index in [1.165, 1.54) is 44.5 Å². The number of hydrogen-bond acceptors (Lipinski definition) is 1. The summed E-state index contributed by atoms with van der Waals surface area (Å²) in [5.41, 5.74) is 1.34. The van der Waals surface area contributed by atoms with Crippen molar-refractivity contribution in [2.45, 2.75) is 71.1 Å². The topological polar surface area (TPSA) is 3.24 Å². The second-order valence-corrected chi connectivity index (χ2v) is 6.86. The van der Waals surface area contributed by atoms with E-state index in [1.807, 2.05) is 0 Å². The Hall–Kier alpha value is -1.76. The van der Waals surface area contributed by atoms with Gasteiger partial charge in [0.2, 0.25) is 0 Å². The summed E-state index contributed by atoms with van der Waals surface area (Å²) in [6, 6.07) is 0. The van der Waals surface area contributed by atoms with Crippen LogP contribution in [0.2, 0.25) is 0 Å². The summed E-state index contributed by atoms with van der Waals surface area (Å²) < 4.78 is 0. The Morgan fingerprint density at radius 2 is 1.19 bits per heavy atom. The Labute approximate surface area is 162 Å². The highest BCUT2D eigenvalue weighted by atomic mass is 15.1. The average Bonchev–Trinajstić information content (AvgIpc) is 3.19. The van der Waals surface area contributed by atoms with Gasteiger partial charge < -0.3 is 4.90 Å². The molecule has 1 saturated heterocycles. The molecule has 1 aliphatic rings. The fraction of sp³-hybridized carbons (Fsp3) is 0.520. The first-order chi connectivity index (χ1) is 12.8. The van der Waals surface area contributed by atoms with Crippen LogP contribution in [-0.2, 0) is 0 Å². The van der Waals surface area contributed by atoms with Gasteiger partial charge in [0.05, 0.1) is 0 Å². The van der Waals surface area contributed by atoms with Crippen LogP contribution in [0, 0.1) is 0 Å². The predicted octanol–water partition coefficient (Wildman–Crippen LogP) is 7.52. The van der Waals surface area contributed by atoms with E-state index in [4.69, 9.17) is 0 Å². The first kappa shape index (κ1) is 22.3. The molecule has 0 radical (unpaired) electrons. The van der Waals surface area contributed by atoms with Crippen LogP contribution < -0.4 is 0 Å². The Kier molecular flexibility index (Phi) is 14.3. The molecule has 0 bridgehead atoms. The molecule has 0 aromatic heterocycles. The van der Waals surface area contributed by atoms with Crippen LogP contribution in [0.1, 0.15) is 71.1 Å². The van der Waals surface area contributed by atoms with Crippen molar-refractivity contribution in [1.29, 1.82) is 0 Å². The predicted molar refractivity (Wildman–Crippen MR) is 118 cm³/mol. The van der Waals surface area contributed by atoms with E-state index in [2.05, 4.69) is 79.2 Å². The molecule has 0 amide bonds. The molecule has 0 atom stereocenters. The minimum atomic E-state index is 1.03. The molecule has 1 heteroatoms. The van der Waals surface area contributed by atoms with Crippen molar-refractivity contribution in [3.8, 4) is 0 Å². The van der Waals surface area contributed by atoms with Crippen molar-refractivity contribution in [2.75, 3.05) is 13.1 Å². The average molecular weight is 354 g/mol. The van der Waals surface area contributed by atoms with E-state index >= 15 is 0 Å². The van der Waals surface area contributed by atoms with Crippen LogP contribution in [0.15, 0.2) is 73.0 Å². The van der Waals surface area contributed by atoms with Gasteiger partial charge in [-0.05, 0) is 64.2 Å². The molecule has 0 aliphatic carbocycles. The van der Waals surface area contributed by atoms with Gasteiger partial charge in [0.25, 0.3) is 0 Å². The smallest absolute Gasteiger partial charge is 0.0175 e.